The smallest absolute Gasteiger partial charge is 0.293 e. The molecule has 0 aromatic heterocycles. The van der Waals surface area contributed by atoms with Crippen LogP contribution >= 0.6 is 0 Å². The molecule has 144 valence electrons. The molecule has 0 bridgehead atoms. The molecule has 0 aliphatic heterocycles. The number of benzene rings is 2. The van der Waals surface area contributed by atoms with Gasteiger partial charge in [-0.05, 0) is 37.1 Å². The summed E-state index contributed by atoms with van der Waals surface area (Å²) < 4.78 is 0. The van der Waals surface area contributed by atoms with Crippen molar-refractivity contribution in [3.8, 4) is 0 Å². The van der Waals surface area contributed by atoms with Gasteiger partial charge in [-0.15, -0.1) is 6.58 Å². The van der Waals surface area contributed by atoms with Crippen molar-refractivity contribution in [1.29, 1.82) is 0 Å². The van der Waals surface area contributed by atoms with Crippen molar-refractivity contribution in [2.24, 2.45) is 0 Å². The highest BCUT2D eigenvalue weighted by molar-refractivity contribution is 6.09. The number of carbonyl (C=O) groups is 2. The first-order valence-electron chi connectivity index (χ1n) is 8.84. The number of nitrogens with one attached hydrogen (secondary N) is 3. The molecule has 0 radical (unpaired) electrons. The molecule has 1 fully saturated rings. The Balaban J connectivity index is 1.81. The van der Waals surface area contributed by atoms with Gasteiger partial charge in [0.15, 0.2) is 0 Å². The van der Waals surface area contributed by atoms with Gasteiger partial charge in [0.05, 0.1) is 16.2 Å². The van der Waals surface area contributed by atoms with E-state index in [9.17, 15) is 19.7 Å². The second-order valence-corrected chi connectivity index (χ2v) is 6.41. The lowest BCUT2D eigenvalue weighted by Crippen LogP contribution is -2.25. The van der Waals surface area contributed by atoms with Crippen LogP contribution < -0.4 is 16.0 Å². The summed E-state index contributed by atoms with van der Waals surface area (Å²) in [7, 11) is 0. The van der Waals surface area contributed by atoms with Crippen molar-refractivity contribution in [3.05, 3.63) is 76.4 Å². The average Bonchev–Trinajstić information content (AvgIpc) is 3.50. The van der Waals surface area contributed by atoms with E-state index in [2.05, 4.69) is 22.5 Å². The SMILES string of the molecule is C=CCNC(=O)c1ccccc1NC(=O)c1ccc(NC2CC2)c([N+](=O)[O-])c1. The Bertz CT molecular complexity index is 938. The molecule has 3 rings (SSSR count). The molecule has 1 saturated carbocycles. The Morgan fingerprint density at radius 1 is 1.14 bits per heavy atom. The number of anilines is 2. The van der Waals surface area contributed by atoms with E-state index in [-0.39, 0.29) is 23.2 Å². The molecule has 3 N–H and O–H groups in total. The van der Waals surface area contributed by atoms with E-state index in [0.717, 1.165) is 12.8 Å². The van der Waals surface area contributed by atoms with Crippen LogP contribution in [0.1, 0.15) is 33.6 Å². The van der Waals surface area contributed by atoms with Crippen molar-refractivity contribution in [3.63, 3.8) is 0 Å². The fraction of sp³-hybridized carbons (Fsp3) is 0.200. The first-order chi connectivity index (χ1) is 13.5. The Morgan fingerprint density at radius 2 is 1.89 bits per heavy atom. The second-order valence-electron chi connectivity index (χ2n) is 6.41. The van der Waals surface area contributed by atoms with Crippen LogP contribution in [0.2, 0.25) is 0 Å². The molecular weight excluding hydrogens is 360 g/mol. The largest absolute Gasteiger partial charge is 0.377 e. The maximum Gasteiger partial charge on any atom is 0.293 e. The van der Waals surface area contributed by atoms with Gasteiger partial charge in [-0.1, -0.05) is 18.2 Å². The highest BCUT2D eigenvalue weighted by Gasteiger charge is 2.25. The molecule has 2 amide bonds. The molecule has 2 aromatic carbocycles. The normalized spacial score (nSPS) is 12.7. The molecular formula is C20H20N4O4. The summed E-state index contributed by atoms with van der Waals surface area (Å²) in [6.07, 6.45) is 3.50. The van der Waals surface area contributed by atoms with Gasteiger partial charge in [-0.2, -0.15) is 0 Å². The van der Waals surface area contributed by atoms with Crippen LogP contribution in [0.5, 0.6) is 0 Å². The number of carbonyl (C=O) groups excluding carboxylic acids is 2. The van der Waals surface area contributed by atoms with Gasteiger partial charge in [0, 0.05) is 24.2 Å². The van der Waals surface area contributed by atoms with Crippen LogP contribution in [0.4, 0.5) is 17.1 Å². The highest BCUT2D eigenvalue weighted by Crippen LogP contribution is 2.31. The summed E-state index contributed by atoms with van der Waals surface area (Å²) in [5.74, 6) is -0.893. The molecule has 2 aromatic rings. The first-order valence-corrected chi connectivity index (χ1v) is 8.84. The van der Waals surface area contributed by atoms with Crippen LogP contribution in [-0.4, -0.2) is 29.3 Å². The van der Waals surface area contributed by atoms with Gasteiger partial charge < -0.3 is 16.0 Å². The molecule has 28 heavy (non-hydrogen) atoms. The molecule has 0 saturated heterocycles. The summed E-state index contributed by atoms with van der Waals surface area (Å²) in [5, 5.41) is 19.8. The number of hydrogen-bond donors (Lipinski definition) is 3. The lowest BCUT2D eigenvalue weighted by atomic mass is 10.1. The van der Waals surface area contributed by atoms with Crippen molar-refractivity contribution < 1.29 is 14.5 Å². The van der Waals surface area contributed by atoms with Gasteiger partial charge in [0.25, 0.3) is 17.5 Å². The topological polar surface area (TPSA) is 113 Å². The van der Waals surface area contributed by atoms with E-state index < -0.39 is 10.8 Å². The maximum absolute atomic E-state index is 12.6. The monoisotopic (exact) mass is 380 g/mol. The Kier molecular flexibility index (Phi) is 5.69. The highest BCUT2D eigenvalue weighted by atomic mass is 16.6. The third-order valence-corrected chi connectivity index (χ3v) is 4.22. The van der Waals surface area contributed by atoms with Crippen LogP contribution in [-0.2, 0) is 0 Å². The fourth-order valence-corrected chi connectivity index (χ4v) is 2.64. The van der Waals surface area contributed by atoms with Crippen LogP contribution in [0.3, 0.4) is 0 Å². The number of nitro benzene ring substituents is 1. The number of para-hydroxylation sites is 1. The van der Waals surface area contributed by atoms with Crippen molar-refractivity contribution >= 4 is 28.9 Å². The Morgan fingerprint density at radius 3 is 2.57 bits per heavy atom. The number of hydrogen-bond acceptors (Lipinski definition) is 5. The standard InChI is InChI=1S/C20H20N4O4/c1-2-11-21-20(26)15-5-3-4-6-16(15)23-19(25)13-7-10-17(22-14-8-9-14)18(12-13)24(27)28/h2-7,10,12,14,22H,1,8-9,11H2,(H,21,26)(H,23,25). The number of nitrogens with zero attached hydrogens (tertiary/aromatic N) is 1. The lowest BCUT2D eigenvalue weighted by Gasteiger charge is -2.12. The third kappa shape index (κ3) is 4.53. The van der Waals surface area contributed by atoms with Crippen molar-refractivity contribution in [2.45, 2.75) is 18.9 Å². The minimum absolute atomic E-state index is 0.134. The zero-order chi connectivity index (χ0) is 20.1. The Labute approximate surface area is 161 Å². The molecule has 8 nitrogen and oxygen atoms in total. The summed E-state index contributed by atoms with van der Waals surface area (Å²) in [5.41, 5.74) is 0.982. The van der Waals surface area contributed by atoms with E-state index in [1.807, 2.05) is 0 Å². The number of rotatable bonds is 8. The van der Waals surface area contributed by atoms with E-state index in [0.29, 0.717) is 23.5 Å². The average molecular weight is 380 g/mol. The second kappa shape index (κ2) is 8.34. The summed E-state index contributed by atoms with van der Waals surface area (Å²) in [6.45, 7) is 3.84. The molecule has 1 aliphatic carbocycles. The van der Waals surface area contributed by atoms with Crippen molar-refractivity contribution in [1.82, 2.24) is 5.32 Å². The maximum atomic E-state index is 12.6. The quantitative estimate of drug-likeness (QED) is 0.369. The predicted molar refractivity (Wildman–Crippen MR) is 107 cm³/mol. The third-order valence-electron chi connectivity index (χ3n) is 4.22. The molecule has 1 aliphatic rings. The molecule has 0 heterocycles. The first kappa shape index (κ1) is 19.1. The summed E-state index contributed by atoms with van der Waals surface area (Å²) in [4.78, 5) is 35.7. The molecule has 0 atom stereocenters. The Hall–Kier alpha value is -3.68. The minimum Gasteiger partial charge on any atom is -0.377 e. The van der Waals surface area contributed by atoms with E-state index in [4.69, 9.17) is 0 Å². The van der Waals surface area contributed by atoms with E-state index >= 15 is 0 Å². The van der Waals surface area contributed by atoms with Gasteiger partial charge >= 0.3 is 0 Å². The van der Waals surface area contributed by atoms with Crippen LogP contribution in [0, 0.1) is 10.1 Å². The lowest BCUT2D eigenvalue weighted by molar-refractivity contribution is -0.384. The van der Waals surface area contributed by atoms with Gasteiger partial charge in [-0.25, -0.2) is 0 Å². The number of amides is 2. The van der Waals surface area contributed by atoms with E-state index in [1.165, 1.54) is 18.2 Å². The molecule has 0 spiro atoms. The van der Waals surface area contributed by atoms with E-state index in [1.54, 1.807) is 30.3 Å². The fourth-order valence-electron chi connectivity index (χ4n) is 2.64. The zero-order valence-electron chi connectivity index (χ0n) is 15.1. The predicted octanol–water partition coefficient (Wildman–Crippen LogP) is 3.34. The van der Waals surface area contributed by atoms with Gasteiger partial charge in [-0.3, -0.25) is 19.7 Å². The number of nitro groups is 1. The van der Waals surface area contributed by atoms with Crippen LogP contribution in [0.25, 0.3) is 0 Å². The van der Waals surface area contributed by atoms with Gasteiger partial charge in [0.1, 0.15) is 5.69 Å². The zero-order valence-corrected chi connectivity index (χ0v) is 15.1. The van der Waals surface area contributed by atoms with Crippen molar-refractivity contribution in [2.75, 3.05) is 17.2 Å². The van der Waals surface area contributed by atoms with Crippen LogP contribution in [0.15, 0.2) is 55.1 Å². The summed E-state index contributed by atoms with van der Waals surface area (Å²) in [6, 6.07) is 11.1. The molecule has 0 unspecified atom stereocenters. The molecule has 8 heteroatoms. The summed E-state index contributed by atoms with van der Waals surface area (Å²) >= 11 is 0. The van der Waals surface area contributed by atoms with Gasteiger partial charge in [0.2, 0.25) is 0 Å². The minimum atomic E-state index is -0.537.